The number of para-hydroxylation sites is 1. The van der Waals surface area contributed by atoms with Crippen LogP contribution >= 0.6 is 0 Å². The van der Waals surface area contributed by atoms with Gasteiger partial charge in [0.25, 0.3) is 0 Å². The number of carbonyl (C=O) groups excluding carboxylic acids is 2. The number of anilines is 1. The molecular weight excluding hydrogens is 333 g/mol. The Balaban J connectivity index is 1.34. The van der Waals surface area contributed by atoms with Crippen molar-refractivity contribution in [2.45, 2.75) is 56.8 Å². The molecule has 3 aliphatic rings. The van der Waals surface area contributed by atoms with Crippen LogP contribution in [0.2, 0.25) is 0 Å². The summed E-state index contributed by atoms with van der Waals surface area (Å²) in [6.07, 6.45) is 3.16. The molecule has 1 saturated carbocycles. The van der Waals surface area contributed by atoms with Crippen molar-refractivity contribution in [1.29, 1.82) is 0 Å². The van der Waals surface area contributed by atoms with E-state index < -0.39 is 6.17 Å². The number of nitrogens with zero attached hydrogens (tertiary/aromatic N) is 1. The lowest BCUT2D eigenvalue weighted by Gasteiger charge is -2.25. The molecule has 0 spiro atoms. The highest BCUT2D eigenvalue weighted by Gasteiger charge is 2.36. The van der Waals surface area contributed by atoms with E-state index in [1.165, 1.54) is 5.56 Å². The number of aryl methyl sites for hydroxylation is 1. The molecule has 0 aromatic heterocycles. The number of nitrogens with one attached hydrogen (secondary N) is 2. The van der Waals surface area contributed by atoms with Crippen molar-refractivity contribution in [3.8, 4) is 0 Å². The van der Waals surface area contributed by atoms with Crippen molar-refractivity contribution in [2.75, 3.05) is 18.4 Å². The van der Waals surface area contributed by atoms with Crippen molar-refractivity contribution in [1.82, 2.24) is 10.2 Å². The van der Waals surface area contributed by atoms with E-state index in [0.717, 1.165) is 31.5 Å². The average molecular weight is 359 g/mol. The number of alkyl halides is 1. The molecule has 5 nitrogen and oxygen atoms in total. The van der Waals surface area contributed by atoms with E-state index >= 15 is 0 Å². The number of likely N-dealkylation sites (tertiary alicyclic amines) is 1. The van der Waals surface area contributed by atoms with Crippen LogP contribution in [0.3, 0.4) is 0 Å². The first-order chi connectivity index (χ1) is 12.6. The van der Waals surface area contributed by atoms with Gasteiger partial charge in [0.05, 0.1) is 6.04 Å². The molecule has 1 saturated heterocycles. The number of hydrogen-bond donors (Lipinski definition) is 2. The zero-order chi connectivity index (χ0) is 18.1. The van der Waals surface area contributed by atoms with E-state index in [0.29, 0.717) is 25.8 Å². The van der Waals surface area contributed by atoms with Gasteiger partial charge in [-0.3, -0.25) is 14.5 Å². The number of benzene rings is 1. The van der Waals surface area contributed by atoms with Gasteiger partial charge in [0.1, 0.15) is 6.17 Å². The molecule has 2 fully saturated rings. The van der Waals surface area contributed by atoms with Crippen LogP contribution in [-0.2, 0) is 16.0 Å². The van der Waals surface area contributed by atoms with Crippen LogP contribution in [0, 0.1) is 5.92 Å². The number of fused-ring (bicyclic) bond motifs is 1. The smallest absolute Gasteiger partial charge is 0.241 e. The van der Waals surface area contributed by atoms with Crippen LogP contribution in [-0.4, -0.2) is 48.1 Å². The molecule has 140 valence electrons. The fourth-order valence-corrected chi connectivity index (χ4v) is 4.52. The van der Waals surface area contributed by atoms with Gasteiger partial charge in [-0.15, -0.1) is 0 Å². The summed E-state index contributed by atoms with van der Waals surface area (Å²) < 4.78 is 13.3. The first-order valence-corrected chi connectivity index (χ1v) is 9.67. The van der Waals surface area contributed by atoms with E-state index in [2.05, 4.69) is 21.6 Å². The maximum atomic E-state index is 13.3. The van der Waals surface area contributed by atoms with Crippen molar-refractivity contribution >= 4 is 17.5 Å². The van der Waals surface area contributed by atoms with Gasteiger partial charge in [-0.25, -0.2) is 4.39 Å². The quantitative estimate of drug-likeness (QED) is 0.870. The van der Waals surface area contributed by atoms with E-state index in [1.807, 2.05) is 18.2 Å². The van der Waals surface area contributed by atoms with Gasteiger partial charge < -0.3 is 10.6 Å². The number of amides is 2. The second-order valence-corrected chi connectivity index (χ2v) is 7.80. The largest absolute Gasteiger partial charge is 0.352 e. The molecule has 4 atom stereocenters. The summed E-state index contributed by atoms with van der Waals surface area (Å²) in [6, 6.07) is 7.84. The van der Waals surface area contributed by atoms with E-state index in [9.17, 15) is 14.0 Å². The summed E-state index contributed by atoms with van der Waals surface area (Å²) in [5.41, 5.74) is 2.08. The maximum Gasteiger partial charge on any atom is 0.241 e. The first-order valence-electron chi connectivity index (χ1n) is 9.67. The molecule has 1 aliphatic carbocycles. The van der Waals surface area contributed by atoms with Crippen molar-refractivity contribution < 1.29 is 14.0 Å². The van der Waals surface area contributed by atoms with Gasteiger partial charge in [0, 0.05) is 30.7 Å². The summed E-state index contributed by atoms with van der Waals surface area (Å²) in [4.78, 5) is 27.2. The highest BCUT2D eigenvalue weighted by Crippen LogP contribution is 2.29. The van der Waals surface area contributed by atoms with Crippen molar-refractivity contribution in [3.05, 3.63) is 29.8 Å². The minimum absolute atomic E-state index is 0.0188. The lowest BCUT2D eigenvalue weighted by Crippen LogP contribution is -2.45. The number of hydrogen-bond acceptors (Lipinski definition) is 3. The average Bonchev–Trinajstić information content (AvgIpc) is 3.22. The van der Waals surface area contributed by atoms with Gasteiger partial charge in [-0.05, 0) is 50.2 Å². The molecule has 0 radical (unpaired) electrons. The van der Waals surface area contributed by atoms with Gasteiger partial charge in [-0.2, -0.15) is 0 Å². The molecule has 3 unspecified atom stereocenters. The summed E-state index contributed by atoms with van der Waals surface area (Å²) in [6.45, 7) is 1.49. The summed E-state index contributed by atoms with van der Waals surface area (Å²) in [5, 5.41) is 6.12. The Kier molecular flexibility index (Phi) is 4.94. The fraction of sp³-hybridized carbons (Fsp3) is 0.600. The standard InChI is InChI=1S/C20H26FN3O2/c21-15-7-5-14(11-15)19(25)22-16-9-10-24(12-16)18-8-6-13-3-1-2-4-17(13)23-20(18)26/h1-4,14-16,18H,5-12H2,(H,22,25)(H,23,26)/t14?,15?,16-,18?/m0/s1. The zero-order valence-corrected chi connectivity index (χ0v) is 14.9. The molecule has 6 heteroatoms. The third-order valence-electron chi connectivity index (χ3n) is 6.01. The van der Waals surface area contributed by atoms with Crippen LogP contribution < -0.4 is 10.6 Å². The molecule has 1 aromatic rings. The Morgan fingerprint density at radius 3 is 2.85 bits per heavy atom. The summed E-state index contributed by atoms with van der Waals surface area (Å²) in [5.74, 6) is -0.164. The van der Waals surface area contributed by atoms with E-state index in [1.54, 1.807) is 0 Å². The molecule has 4 rings (SSSR count). The zero-order valence-electron chi connectivity index (χ0n) is 14.9. The van der Waals surface area contributed by atoms with Crippen LogP contribution in [0.4, 0.5) is 10.1 Å². The lowest BCUT2D eigenvalue weighted by atomic mass is 10.1. The predicted molar refractivity (Wildman–Crippen MR) is 97.5 cm³/mol. The second-order valence-electron chi connectivity index (χ2n) is 7.80. The van der Waals surface area contributed by atoms with Gasteiger partial charge in [0.2, 0.25) is 11.8 Å². The van der Waals surface area contributed by atoms with Crippen LogP contribution in [0.15, 0.2) is 24.3 Å². The molecule has 2 N–H and O–H groups in total. The van der Waals surface area contributed by atoms with Gasteiger partial charge in [0.15, 0.2) is 0 Å². The molecule has 2 aliphatic heterocycles. The van der Waals surface area contributed by atoms with Crippen molar-refractivity contribution in [3.63, 3.8) is 0 Å². The normalized spacial score (nSPS) is 32.0. The first kappa shape index (κ1) is 17.5. The van der Waals surface area contributed by atoms with Gasteiger partial charge in [-0.1, -0.05) is 18.2 Å². The second kappa shape index (κ2) is 7.35. The third kappa shape index (κ3) is 3.61. The van der Waals surface area contributed by atoms with Crippen LogP contribution in [0.5, 0.6) is 0 Å². The number of halogens is 1. The molecule has 2 amide bonds. The predicted octanol–water partition coefficient (Wildman–Crippen LogP) is 2.27. The lowest BCUT2D eigenvalue weighted by molar-refractivity contribution is -0.125. The number of carbonyl (C=O) groups is 2. The Labute approximate surface area is 153 Å². The molecule has 0 bridgehead atoms. The van der Waals surface area contributed by atoms with Crippen molar-refractivity contribution in [2.24, 2.45) is 5.92 Å². The topological polar surface area (TPSA) is 61.4 Å². The molecule has 2 heterocycles. The highest BCUT2D eigenvalue weighted by molar-refractivity contribution is 5.96. The monoisotopic (exact) mass is 359 g/mol. The summed E-state index contributed by atoms with van der Waals surface area (Å²) in [7, 11) is 0. The Morgan fingerprint density at radius 1 is 1.19 bits per heavy atom. The molecule has 26 heavy (non-hydrogen) atoms. The Morgan fingerprint density at radius 2 is 2.04 bits per heavy atom. The Bertz CT molecular complexity index is 695. The van der Waals surface area contributed by atoms with Crippen LogP contribution in [0.1, 0.15) is 37.7 Å². The molecule has 1 aromatic carbocycles. The minimum Gasteiger partial charge on any atom is -0.352 e. The van der Waals surface area contributed by atoms with Gasteiger partial charge >= 0.3 is 0 Å². The third-order valence-corrected chi connectivity index (χ3v) is 6.01. The highest BCUT2D eigenvalue weighted by atomic mass is 19.1. The number of rotatable bonds is 3. The maximum absolute atomic E-state index is 13.3. The summed E-state index contributed by atoms with van der Waals surface area (Å²) >= 11 is 0. The van der Waals surface area contributed by atoms with E-state index in [4.69, 9.17) is 0 Å². The SMILES string of the molecule is O=C(N[C@H]1CCN(C2CCc3ccccc3NC2=O)C1)C1CCC(F)C1. The Hall–Kier alpha value is -1.95. The fourth-order valence-electron chi connectivity index (χ4n) is 4.52. The van der Waals surface area contributed by atoms with E-state index in [-0.39, 0.29) is 29.8 Å². The minimum atomic E-state index is -0.831. The molecular formula is C20H26FN3O2. The van der Waals surface area contributed by atoms with Crippen LogP contribution in [0.25, 0.3) is 0 Å².